The van der Waals surface area contributed by atoms with Gasteiger partial charge < -0.3 is 4.57 Å². The minimum absolute atomic E-state index is 0.183. The van der Waals surface area contributed by atoms with Gasteiger partial charge in [-0.3, -0.25) is 4.57 Å². The second-order valence-electron chi connectivity index (χ2n) is 12.1. The Kier molecular flexibility index (Phi) is 6.00. The topological polar surface area (TPSA) is 48.5 Å². The summed E-state index contributed by atoms with van der Waals surface area (Å²) in [6.07, 6.45) is 13.0. The van der Waals surface area contributed by atoms with Gasteiger partial charge in [-0.05, 0) is 31.9 Å². The first kappa shape index (κ1) is 26.6. The molecule has 9 rings (SSSR count). The van der Waals surface area contributed by atoms with E-state index < -0.39 is 0 Å². The van der Waals surface area contributed by atoms with Crippen LogP contribution >= 0.6 is 0 Å². The highest BCUT2D eigenvalue weighted by atomic mass is 15.2. The lowest BCUT2D eigenvalue weighted by molar-refractivity contribution is 0.875. The highest BCUT2D eigenvalue weighted by molar-refractivity contribution is 6.20. The van der Waals surface area contributed by atoms with Crippen LogP contribution in [-0.4, -0.2) is 24.1 Å². The number of rotatable bonds is 6. The third-order valence-corrected chi connectivity index (χ3v) is 9.32. The fourth-order valence-electron chi connectivity index (χ4n) is 7.07. The fraction of sp³-hybridized carbons (Fsp3) is 0.0976. The smallest absolute Gasteiger partial charge is 0.238 e. The third-order valence-electron chi connectivity index (χ3n) is 9.32. The van der Waals surface area contributed by atoms with Crippen LogP contribution in [0.5, 0.6) is 0 Å². The van der Waals surface area contributed by atoms with Crippen molar-refractivity contribution in [2.24, 2.45) is 0 Å². The normalized spacial score (nSPS) is 15.8. The van der Waals surface area contributed by atoms with Crippen LogP contribution in [0.4, 0.5) is 0 Å². The van der Waals surface area contributed by atoms with Crippen molar-refractivity contribution in [1.29, 1.82) is 0 Å². The first-order chi connectivity index (χ1) is 22.7. The Morgan fingerprint density at radius 3 is 1.98 bits per heavy atom. The number of hydrogen-bond acceptors (Lipinski definition) is 3. The molecule has 46 heavy (non-hydrogen) atoms. The predicted molar refractivity (Wildman–Crippen MR) is 190 cm³/mol. The Hall–Kier alpha value is -5.81. The van der Waals surface area contributed by atoms with Gasteiger partial charge in [-0.2, -0.15) is 9.97 Å². The van der Waals surface area contributed by atoms with E-state index in [-0.39, 0.29) is 5.92 Å². The van der Waals surface area contributed by atoms with Gasteiger partial charge in [0.15, 0.2) is 11.6 Å². The quantitative estimate of drug-likeness (QED) is 0.180. The van der Waals surface area contributed by atoms with Crippen molar-refractivity contribution < 1.29 is 0 Å². The molecule has 3 aromatic heterocycles. The maximum atomic E-state index is 5.24. The van der Waals surface area contributed by atoms with Crippen molar-refractivity contribution in [2.45, 2.75) is 25.7 Å². The Balaban J connectivity index is 1.46. The predicted octanol–water partition coefficient (Wildman–Crippen LogP) is 10.1. The maximum absolute atomic E-state index is 5.24. The summed E-state index contributed by atoms with van der Waals surface area (Å²) >= 11 is 0. The van der Waals surface area contributed by atoms with E-state index in [1.807, 2.05) is 42.5 Å². The monoisotopic (exact) mass is 593 g/mol. The van der Waals surface area contributed by atoms with Gasteiger partial charge in [0, 0.05) is 50.2 Å². The van der Waals surface area contributed by atoms with E-state index in [4.69, 9.17) is 15.0 Å². The molecule has 0 fully saturated rings. The van der Waals surface area contributed by atoms with Gasteiger partial charge in [0.2, 0.25) is 5.95 Å². The van der Waals surface area contributed by atoms with E-state index in [9.17, 15) is 0 Å². The molecule has 5 heteroatoms. The number of fused-ring (bicyclic) bond motifs is 5. The van der Waals surface area contributed by atoms with E-state index in [2.05, 4.69) is 108 Å². The molecule has 4 aromatic carbocycles. The summed E-state index contributed by atoms with van der Waals surface area (Å²) in [5, 5.41) is 3.58. The van der Waals surface area contributed by atoms with Crippen molar-refractivity contribution in [1.82, 2.24) is 24.1 Å². The van der Waals surface area contributed by atoms with Crippen LogP contribution in [0.15, 0.2) is 134 Å². The van der Waals surface area contributed by atoms with Gasteiger partial charge in [0.25, 0.3) is 0 Å². The van der Waals surface area contributed by atoms with Crippen LogP contribution in [0.3, 0.4) is 0 Å². The molecule has 3 heterocycles. The second kappa shape index (κ2) is 10.4. The summed E-state index contributed by atoms with van der Waals surface area (Å²) in [6, 6.07) is 33.7. The van der Waals surface area contributed by atoms with Crippen LogP contribution in [-0.2, 0) is 0 Å². The van der Waals surface area contributed by atoms with E-state index in [0.717, 1.165) is 51.6 Å². The Morgan fingerprint density at radius 2 is 1.35 bits per heavy atom. The molecule has 0 aliphatic heterocycles. The molecule has 0 bridgehead atoms. The second-order valence-corrected chi connectivity index (χ2v) is 12.1. The molecule has 0 spiro atoms. The lowest BCUT2D eigenvalue weighted by Gasteiger charge is -2.17. The molecule has 0 saturated carbocycles. The standard InChI is InChI=1S/C41H31N5/c1-3-30-32-23-24-33-31-21-13-14-22-35(31)45(29-19-11-6-12-20-29)37(33)38(32)46(36(30)34-25-26(34)2)41-43-39(27-15-7-4-8-16-27)42-40(44-41)28-17-9-5-10-18-28/h3-11,13-19,21-25,34H,1,12,20H2,2H3. The van der Waals surface area contributed by atoms with Crippen molar-refractivity contribution in [3.05, 3.63) is 145 Å². The molecular formula is C41H31N5. The number of hydrogen-bond donors (Lipinski definition) is 0. The van der Waals surface area contributed by atoms with Gasteiger partial charge in [-0.15, -0.1) is 0 Å². The number of aromatic nitrogens is 5. The summed E-state index contributed by atoms with van der Waals surface area (Å²) in [5.41, 5.74) is 10.2. The van der Waals surface area contributed by atoms with Gasteiger partial charge in [-0.1, -0.05) is 127 Å². The molecule has 2 aliphatic rings. The lowest BCUT2D eigenvalue weighted by Crippen LogP contribution is -2.10. The molecule has 5 nitrogen and oxygen atoms in total. The van der Waals surface area contributed by atoms with Crippen molar-refractivity contribution >= 4 is 44.5 Å². The Bertz CT molecular complexity index is 2380. The van der Waals surface area contributed by atoms with Crippen molar-refractivity contribution in [3.63, 3.8) is 0 Å². The van der Waals surface area contributed by atoms with E-state index in [1.54, 1.807) is 0 Å². The van der Waals surface area contributed by atoms with Crippen LogP contribution in [0, 0.1) is 0 Å². The first-order valence-electron chi connectivity index (χ1n) is 15.9. The zero-order valence-electron chi connectivity index (χ0n) is 25.6. The van der Waals surface area contributed by atoms with Crippen molar-refractivity contribution in [3.8, 4) is 28.7 Å². The van der Waals surface area contributed by atoms with Crippen molar-refractivity contribution in [2.75, 3.05) is 0 Å². The highest BCUT2D eigenvalue weighted by Gasteiger charge is 2.33. The van der Waals surface area contributed by atoms with Crippen LogP contribution in [0.1, 0.15) is 36.9 Å². The Labute approximate surface area is 267 Å². The molecule has 0 saturated heterocycles. The number of benzene rings is 4. The number of para-hydroxylation sites is 1. The molecule has 220 valence electrons. The highest BCUT2D eigenvalue weighted by Crippen LogP contribution is 2.48. The summed E-state index contributed by atoms with van der Waals surface area (Å²) < 4.78 is 4.77. The SMILES string of the molecule is C=Cc1c(C2C=C2C)n(-c2nc(-c3ccccc3)nc(-c3ccccc3)n2)c2c1ccc1c3ccccc3n(C3=CC=CCC3)c12. The number of nitrogens with zero attached hydrogens (tertiary/aromatic N) is 5. The largest absolute Gasteiger partial charge is 0.311 e. The molecule has 1 atom stereocenters. The molecule has 7 aromatic rings. The van der Waals surface area contributed by atoms with Gasteiger partial charge in [-0.25, -0.2) is 4.98 Å². The van der Waals surface area contributed by atoms with E-state index in [1.165, 1.54) is 27.6 Å². The summed E-state index contributed by atoms with van der Waals surface area (Å²) in [6.45, 7) is 6.53. The minimum atomic E-state index is 0.183. The molecule has 2 aliphatic carbocycles. The first-order valence-corrected chi connectivity index (χ1v) is 15.9. The van der Waals surface area contributed by atoms with E-state index in [0.29, 0.717) is 17.6 Å². The third kappa shape index (κ3) is 4.05. The molecule has 0 N–H and O–H groups in total. The van der Waals surface area contributed by atoms with E-state index >= 15 is 0 Å². The van der Waals surface area contributed by atoms with Gasteiger partial charge >= 0.3 is 0 Å². The summed E-state index contributed by atoms with van der Waals surface area (Å²) in [5.74, 6) is 2.08. The van der Waals surface area contributed by atoms with Gasteiger partial charge in [0.1, 0.15) is 0 Å². The Morgan fingerprint density at radius 1 is 0.717 bits per heavy atom. The molecule has 1 unspecified atom stereocenters. The molecule has 0 amide bonds. The summed E-state index contributed by atoms with van der Waals surface area (Å²) in [4.78, 5) is 15.5. The zero-order valence-corrected chi connectivity index (χ0v) is 25.6. The average molecular weight is 594 g/mol. The van der Waals surface area contributed by atoms with Crippen LogP contribution in [0.25, 0.3) is 73.2 Å². The molecule has 0 radical (unpaired) electrons. The van der Waals surface area contributed by atoms with Gasteiger partial charge in [0.05, 0.1) is 16.6 Å². The zero-order chi connectivity index (χ0) is 30.8. The average Bonchev–Trinajstić information content (AvgIpc) is 3.60. The summed E-state index contributed by atoms with van der Waals surface area (Å²) in [7, 11) is 0. The lowest BCUT2D eigenvalue weighted by atomic mass is 10.0. The van der Waals surface area contributed by atoms with Crippen LogP contribution in [0.2, 0.25) is 0 Å². The van der Waals surface area contributed by atoms with Crippen LogP contribution < -0.4 is 0 Å². The molecular weight excluding hydrogens is 562 g/mol. The number of allylic oxidation sites excluding steroid dienone is 6. The maximum Gasteiger partial charge on any atom is 0.238 e. The fourth-order valence-corrected chi connectivity index (χ4v) is 7.07. The minimum Gasteiger partial charge on any atom is -0.311 e.